The molecule has 2 aromatic carbocycles. The Morgan fingerprint density at radius 1 is 0.900 bits per heavy atom. The zero-order valence-corrected chi connectivity index (χ0v) is 17.4. The van der Waals surface area contributed by atoms with Crippen LogP contribution in [0.2, 0.25) is 0 Å². The van der Waals surface area contributed by atoms with Crippen molar-refractivity contribution < 1.29 is 23.7 Å². The number of pyridine rings is 1. The highest BCUT2D eigenvalue weighted by Crippen LogP contribution is 2.43. The topological polar surface area (TPSA) is 62.3 Å². The van der Waals surface area contributed by atoms with E-state index in [0.717, 1.165) is 65.5 Å². The molecule has 2 aliphatic rings. The van der Waals surface area contributed by atoms with Crippen LogP contribution >= 0.6 is 0 Å². The molecule has 30 heavy (non-hydrogen) atoms. The number of methoxy groups -OCH3 is 2. The van der Waals surface area contributed by atoms with Crippen molar-refractivity contribution in [1.82, 2.24) is 4.98 Å². The molecule has 156 valence electrons. The number of fused-ring (bicyclic) bond motifs is 2. The first kappa shape index (κ1) is 18.8. The van der Waals surface area contributed by atoms with Crippen molar-refractivity contribution in [3.05, 3.63) is 35.9 Å². The quantitative estimate of drug-likeness (QED) is 0.651. The SMILES string of the molecule is COc1cc2c(cc1-c1cc(C)c3cc(N4CCOCC4)cc(OC)c3n1)OCO2. The number of morpholine rings is 1. The van der Waals surface area contributed by atoms with E-state index < -0.39 is 0 Å². The molecule has 2 aliphatic heterocycles. The number of benzene rings is 2. The number of ether oxygens (including phenoxy) is 5. The van der Waals surface area contributed by atoms with Crippen LogP contribution in [0, 0.1) is 6.92 Å². The summed E-state index contributed by atoms with van der Waals surface area (Å²) in [5.41, 5.74) is 4.71. The monoisotopic (exact) mass is 408 g/mol. The predicted molar refractivity (Wildman–Crippen MR) is 114 cm³/mol. The molecule has 1 fully saturated rings. The van der Waals surface area contributed by atoms with Crippen molar-refractivity contribution in [3.63, 3.8) is 0 Å². The Labute approximate surface area is 175 Å². The maximum Gasteiger partial charge on any atom is 0.231 e. The minimum Gasteiger partial charge on any atom is -0.496 e. The Hall–Kier alpha value is -3.19. The molecule has 0 unspecified atom stereocenters. The molecule has 1 saturated heterocycles. The first-order chi connectivity index (χ1) is 14.7. The summed E-state index contributed by atoms with van der Waals surface area (Å²) in [5, 5.41) is 1.07. The lowest BCUT2D eigenvalue weighted by atomic mass is 10.0. The van der Waals surface area contributed by atoms with Gasteiger partial charge in [-0.25, -0.2) is 4.98 Å². The Kier molecular flexibility index (Phi) is 4.75. The van der Waals surface area contributed by atoms with Gasteiger partial charge in [0.1, 0.15) is 17.0 Å². The summed E-state index contributed by atoms with van der Waals surface area (Å²) in [6, 6.07) is 10.1. The van der Waals surface area contributed by atoms with Crippen molar-refractivity contribution in [1.29, 1.82) is 0 Å². The van der Waals surface area contributed by atoms with Crippen LogP contribution in [0.3, 0.4) is 0 Å². The van der Waals surface area contributed by atoms with E-state index in [2.05, 4.69) is 30.0 Å². The maximum absolute atomic E-state index is 5.74. The summed E-state index contributed by atoms with van der Waals surface area (Å²) < 4.78 is 27.9. The summed E-state index contributed by atoms with van der Waals surface area (Å²) in [7, 11) is 3.33. The van der Waals surface area contributed by atoms with Gasteiger partial charge in [-0.05, 0) is 30.7 Å². The second kappa shape index (κ2) is 7.57. The van der Waals surface area contributed by atoms with Crippen molar-refractivity contribution >= 4 is 16.6 Å². The third-order valence-corrected chi connectivity index (χ3v) is 5.64. The average molecular weight is 408 g/mol. The van der Waals surface area contributed by atoms with Crippen LogP contribution in [0.25, 0.3) is 22.2 Å². The molecule has 0 radical (unpaired) electrons. The van der Waals surface area contributed by atoms with Gasteiger partial charge in [0, 0.05) is 41.9 Å². The summed E-state index contributed by atoms with van der Waals surface area (Å²) in [6.45, 7) is 5.52. The molecule has 7 heteroatoms. The molecular formula is C23H24N2O5. The van der Waals surface area contributed by atoms with E-state index in [0.29, 0.717) is 17.2 Å². The summed E-state index contributed by atoms with van der Waals surface area (Å²) in [5.74, 6) is 2.81. The van der Waals surface area contributed by atoms with Crippen molar-refractivity contribution in [3.8, 4) is 34.3 Å². The highest BCUT2D eigenvalue weighted by molar-refractivity contribution is 5.93. The zero-order valence-electron chi connectivity index (χ0n) is 17.4. The lowest BCUT2D eigenvalue weighted by Crippen LogP contribution is -2.36. The Morgan fingerprint density at radius 3 is 2.37 bits per heavy atom. The predicted octanol–water partition coefficient (Wildman–Crippen LogP) is 3.79. The molecule has 0 saturated carbocycles. The van der Waals surface area contributed by atoms with Crippen LogP contribution in [0.4, 0.5) is 5.69 Å². The number of aromatic nitrogens is 1. The molecule has 0 atom stereocenters. The third-order valence-electron chi connectivity index (χ3n) is 5.64. The van der Waals surface area contributed by atoms with E-state index in [1.807, 2.05) is 12.1 Å². The van der Waals surface area contributed by atoms with Gasteiger partial charge in [0.2, 0.25) is 6.79 Å². The molecule has 0 aliphatic carbocycles. The maximum atomic E-state index is 5.74. The number of nitrogens with zero attached hydrogens (tertiary/aromatic N) is 2. The average Bonchev–Trinajstić information content (AvgIpc) is 3.25. The first-order valence-electron chi connectivity index (χ1n) is 9.98. The molecule has 1 aromatic heterocycles. The lowest BCUT2D eigenvalue weighted by molar-refractivity contribution is 0.122. The number of aryl methyl sites for hydroxylation is 1. The minimum atomic E-state index is 0.213. The van der Waals surface area contributed by atoms with E-state index in [9.17, 15) is 0 Å². The minimum absolute atomic E-state index is 0.213. The zero-order chi connectivity index (χ0) is 20.7. The van der Waals surface area contributed by atoms with Gasteiger partial charge in [0.05, 0.1) is 33.1 Å². The fourth-order valence-electron chi connectivity index (χ4n) is 4.03. The van der Waals surface area contributed by atoms with Gasteiger partial charge in [-0.15, -0.1) is 0 Å². The Morgan fingerprint density at radius 2 is 1.63 bits per heavy atom. The summed E-state index contributed by atoms with van der Waals surface area (Å²) in [4.78, 5) is 7.27. The van der Waals surface area contributed by atoms with E-state index in [-0.39, 0.29) is 6.79 Å². The van der Waals surface area contributed by atoms with Gasteiger partial charge >= 0.3 is 0 Å². The normalized spacial score (nSPS) is 15.5. The van der Waals surface area contributed by atoms with Gasteiger partial charge in [-0.3, -0.25) is 0 Å². The van der Waals surface area contributed by atoms with Crippen LogP contribution < -0.4 is 23.8 Å². The summed E-state index contributed by atoms with van der Waals surface area (Å²) >= 11 is 0. The second-order valence-corrected chi connectivity index (χ2v) is 7.37. The van der Waals surface area contributed by atoms with Crippen LogP contribution in [-0.2, 0) is 4.74 Å². The molecule has 7 nitrogen and oxygen atoms in total. The first-order valence-corrected chi connectivity index (χ1v) is 9.98. The fourth-order valence-corrected chi connectivity index (χ4v) is 4.03. The molecule has 5 rings (SSSR count). The number of hydrogen-bond acceptors (Lipinski definition) is 7. The van der Waals surface area contributed by atoms with Gasteiger partial charge < -0.3 is 28.6 Å². The van der Waals surface area contributed by atoms with Gasteiger partial charge in [0.15, 0.2) is 11.5 Å². The molecule has 3 heterocycles. The molecule has 0 spiro atoms. The van der Waals surface area contributed by atoms with Crippen molar-refractivity contribution in [2.75, 3.05) is 52.2 Å². The van der Waals surface area contributed by atoms with Gasteiger partial charge in [-0.1, -0.05) is 0 Å². The van der Waals surface area contributed by atoms with E-state index >= 15 is 0 Å². The number of rotatable bonds is 4. The van der Waals surface area contributed by atoms with E-state index in [1.165, 1.54) is 0 Å². The summed E-state index contributed by atoms with van der Waals surface area (Å²) in [6.07, 6.45) is 0. The smallest absolute Gasteiger partial charge is 0.231 e. The van der Waals surface area contributed by atoms with Gasteiger partial charge in [-0.2, -0.15) is 0 Å². The second-order valence-electron chi connectivity index (χ2n) is 7.37. The molecule has 0 amide bonds. The molecular weight excluding hydrogens is 384 g/mol. The largest absolute Gasteiger partial charge is 0.496 e. The van der Waals surface area contributed by atoms with Crippen LogP contribution in [0.5, 0.6) is 23.0 Å². The third kappa shape index (κ3) is 3.15. The lowest BCUT2D eigenvalue weighted by Gasteiger charge is -2.29. The van der Waals surface area contributed by atoms with Crippen LogP contribution in [-0.4, -0.2) is 52.3 Å². The van der Waals surface area contributed by atoms with Crippen molar-refractivity contribution in [2.24, 2.45) is 0 Å². The van der Waals surface area contributed by atoms with Crippen molar-refractivity contribution in [2.45, 2.75) is 6.92 Å². The molecule has 0 bridgehead atoms. The molecule has 0 N–H and O–H groups in total. The Balaban J connectivity index is 1.65. The highest BCUT2D eigenvalue weighted by Gasteiger charge is 2.21. The fraction of sp³-hybridized carbons (Fsp3) is 0.348. The van der Waals surface area contributed by atoms with Gasteiger partial charge in [0.25, 0.3) is 0 Å². The van der Waals surface area contributed by atoms with Crippen LogP contribution in [0.1, 0.15) is 5.56 Å². The molecule has 3 aromatic rings. The highest BCUT2D eigenvalue weighted by atomic mass is 16.7. The standard InChI is InChI=1S/C23H24N2O5/c1-14-8-18(17-11-20-21(30-13-29-20)12-19(17)26-2)24-23-16(14)9-15(10-22(23)27-3)25-4-6-28-7-5-25/h8-12H,4-7,13H2,1-3H3. The van der Waals surface area contributed by atoms with Crippen LogP contribution in [0.15, 0.2) is 30.3 Å². The number of hydrogen-bond donors (Lipinski definition) is 0. The van der Waals surface area contributed by atoms with E-state index in [1.54, 1.807) is 14.2 Å². The van der Waals surface area contributed by atoms with E-state index in [4.69, 9.17) is 28.7 Å². The number of anilines is 1. The Bertz CT molecular complexity index is 1110.